The predicted octanol–water partition coefficient (Wildman–Crippen LogP) is 1.89. The van der Waals surface area contributed by atoms with Crippen LogP contribution in [0.15, 0.2) is 41.5 Å². The molecule has 0 spiro atoms. The second-order valence-electron chi connectivity index (χ2n) is 7.24. The maximum absolute atomic E-state index is 14.6. The summed E-state index contributed by atoms with van der Waals surface area (Å²) in [6.07, 6.45) is 1.38. The summed E-state index contributed by atoms with van der Waals surface area (Å²) >= 11 is 0. The molecule has 1 aliphatic rings. The van der Waals surface area contributed by atoms with Crippen molar-refractivity contribution in [2.45, 2.75) is 18.9 Å². The van der Waals surface area contributed by atoms with Crippen molar-refractivity contribution in [3.63, 3.8) is 0 Å². The smallest absolute Gasteiger partial charge is 0.274 e. The number of amides is 2. The van der Waals surface area contributed by atoms with Gasteiger partial charge in [0.1, 0.15) is 23.9 Å². The lowest BCUT2D eigenvalue weighted by molar-refractivity contribution is -0.128. The Morgan fingerprint density at radius 1 is 1.32 bits per heavy atom. The van der Waals surface area contributed by atoms with Crippen LogP contribution in [0.2, 0.25) is 0 Å². The summed E-state index contributed by atoms with van der Waals surface area (Å²) < 4.78 is 24.9. The fraction of sp³-hybridized carbons (Fsp3) is 0.333. The van der Waals surface area contributed by atoms with E-state index in [1.165, 1.54) is 42.4 Å². The van der Waals surface area contributed by atoms with Crippen LogP contribution in [0.3, 0.4) is 0 Å². The van der Waals surface area contributed by atoms with E-state index >= 15 is 0 Å². The number of nitrogens with one attached hydrogen (secondary N) is 1. The number of guanidine groups is 1. The number of rotatable bonds is 7. The zero-order valence-corrected chi connectivity index (χ0v) is 17.5. The average molecular weight is 429 g/mol. The van der Waals surface area contributed by atoms with E-state index in [1.807, 2.05) is 0 Å². The van der Waals surface area contributed by atoms with E-state index < -0.39 is 17.3 Å². The van der Waals surface area contributed by atoms with Gasteiger partial charge in [-0.3, -0.25) is 14.5 Å². The number of nitrogens with zero attached hydrogens (tertiary/aromatic N) is 3. The summed E-state index contributed by atoms with van der Waals surface area (Å²) in [7, 11) is 3.08. The van der Waals surface area contributed by atoms with Gasteiger partial charge in [-0.1, -0.05) is 0 Å². The van der Waals surface area contributed by atoms with Crippen LogP contribution >= 0.6 is 0 Å². The van der Waals surface area contributed by atoms with Crippen molar-refractivity contribution >= 4 is 23.5 Å². The molecule has 0 saturated heterocycles. The predicted molar refractivity (Wildman–Crippen MR) is 112 cm³/mol. The molecular weight excluding hydrogens is 405 g/mol. The molecule has 2 amide bonds. The van der Waals surface area contributed by atoms with Gasteiger partial charge in [0, 0.05) is 25.4 Å². The molecule has 1 aliphatic heterocycles. The van der Waals surface area contributed by atoms with Crippen LogP contribution in [0.1, 0.15) is 29.4 Å². The van der Waals surface area contributed by atoms with Gasteiger partial charge >= 0.3 is 0 Å². The van der Waals surface area contributed by atoms with Crippen molar-refractivity contribution in [3.8, 4) is 5.75 Å². The zero-order chi connectivity index (χ0) is 22.6. The molecule has 3 rings (SSSR count). The van der Waals surface area contributed by atoms with E-state index in [9.17, 15) is 14.0 Å². The normalized spacial score (nSPS) is 18.5. The van der Waals surface area contributed by atoms with Crippen molar-refractivity contribution < 1.29 is 23.5 Å². The Kier molecular flexibility index (Phi) is 6.50. The second-order valence-corrected chi connectivity index (χ2v) is 7.24. The van der Waals surface area contributed by atoms with Crippen molar-refractivity contribution in [2.75, 3.05) is 32.7 Å². The van der Waals surface area contributed by atoms with E-state index in [4.69, 9.17) is 15.2 Å². The van der Waals surface area contributed by atoms with Gasteiger partial charge in [-0.15, -0.1) is 0 Å². The highest BCUT2D eigenvalue weighted by atomic mass is 19.1. The molecule has 1 aromatic heterocycles. The van der Waals surface area contributed by atoms with Gasteiger partial charge in [0.15, 0.2) is 5.96 Å². The van der Waals surface area contributed by atoms with Gasteiger partial charge in [0.25, 0.3) is 5.91 Å². The molecule has 0 bridgehead atoms. The highest BCUT2D eigenvalue weighted by molar-refractivity contribution is 6.03. The lowest BCUT2D eigenvalue weighted by Gasteiger charge is -2.34. The standard InChI is InChI=1S/C21H24FN5O4/c1-21(11-18(28)27(2)20(23)26-21)15-10-13(4-6-16(15)22)25-19(29)17-7-5-14(12-24-17)31-9-8-30-3/h4-7,10,12H,8-9,11H2,1-3H3,(H2,23,26)(H,25,29). The third-order valence-electron chi connectivity index (χ3n) is 4.90. The van der Waals surface area contributed by atoms with E-state index in [0.29, 0.717) is 24.7 Å². The number of carbonyl (C=O) groups excluding carboxylic acids is 2. The molecule has 164 valence electrons. The van der Waals surface area contributed by atoms with Crippen LogP contribution in [0.25, 0.3) is 0 Å². The third-order valence-corrected chi connectivity index (χ3v) is 4.90. The van der Waals surface area contributed by atoms with Gasteiger partial charge in [-0.05, 0) is 37.3 Å². The first-order valence-electron chi connectivity index (χ1n) is 9.54. The highest BCUT2D eigenvalue weighted by Crippen LogP contribution is 2.35. The Hall–Kier alpha value is -3.53. The first-order valence-corrected chi connectivity index (χ1v) is 9.54. The van der Waals surface area contributed by atoms with Crippen LogP contribution in [0, 0.1) is 5.82 Å². The van der Waals surface area contributed by atoms with E-state index in [0.717, 1.165) is 0 Å². The SMILES string of the molecule is COCCOc1ccc(C(=O)Nc2ccc(F)c(C3(C)CC(=O)N(C)C(N)=N3)c2)nc1. The summed E-state index contributed by atoms with van der Waals surface area (Å²) in [6.45, 7) is 2.43. The lowest BCUT2D eigenvalue weighted by Crippen LogP contribution is -2.47. The summed E-state index contributed by atoms with van der Waals surface area (Å²) in [5, 5.41) is 2.68. The maximum atomic E-state index is 14.6. The van der Waals surface area contributed by atoms with Crippen LogP contribution in [0.5, 0.6) is 5.75 Å². The van der Waals surface area contributed by atoms with Crippen LogP contribution < -0.4 is 15.8 Å². The monoisotopic (exact) mass is 429 g/mol. The maximum Gasteiger partial charge on any atom is 0.274 e. The Labute approximate surface area is 179 Å². The number of carbonyl (C=O) groups is 2. The first kappa shape index (κ1) is 22.2. The molecule has 9 nitrogen and oxygen atoms in total. The minimum absolute atomic E-state index is 0.00426. The van der Waals surface area contributed by atoms with Crippen molar-refractivity contribution in [1.82, 2.24) is 9.88 Å². The van der Waals surface area contributed by atoms with Crippen molar-refractivity contribution in [2.24, 2.45) is 10.7 Å². The molecule has 1 aromatic carbocycles. The Balaban J connectivity index is 1.78. The molecule has 1 atom stereocenters. The van der Waals surface area contributed by atoms with E-state index in [2.05, 4.69) is 15.3 Å². The second kappa shape index (κ2) is 9.09. The van der Waals surface area contributed by atoms with E-state index in [1.54, 1.807) is 20.1 Å². The molecule has 0 saturated carbocycles. The number of hydrogen-bond acceptors (Lipinski definition) is 7. The average Bonchev–Trinajstić information content (AvgIpc) is 2.74. The van der Waals surface area contributed by atoms with Gasteiger partial charge in [0.2, 0.25) is 5.91 Å². The van der Waals surface area contributed by atoms with Crippen LogP contribution in [0.4, 0.5) is 10.1 Å². The summed E-state index contributed by atoms with van der Waals surface area (Å²) in [4.78, 5) is 34.4. The number of pyridine rings is 1. The first-order chi connectivity index (χ1) is 14.7. The lowest BCUT2D eigenvalue weighted by atomic mass is 9.87. The number of aliphatic imine (C=N–C) groups is 1. The van der Waals surface area contributed by atoms with Gasteiger partial charge in [-0.2, -0.15) is 0 Å². The fourth-order valence-corrected chi connectivity index (χ4v) is 3.12. The molecule has 0 radical (unpaired) electrons. The molecule has 3 N–H and O–H groups in total. The zero-order valence-electron chi connectivity index (χ0n) is 17.5. The quantitative estimate of drug-likeness (QED) is 0.649. The molecular formula is C21H24FN5O4. The number of hydrogen-bond donors (Lipinski definition) is 2. The Morgan fingerprint density at radius 2 is 2.10 bits per heavy atom. The number of benzene rings is 1. The molecule has 2 aromatic rings. The molecule has 31 heavy (non-hydrogen) atoms. The van der Waals surface area contributed by atoms with Crippen molar-refractivity contribution in [3.05, 3.63) is 53.6 Å². The highest BCUT2D eigenvalue weighted by Gasteiger charge is 2.38. The Morgan fingerprint density at radius 3 is 2.74 bits per heavy atom. The number of anilines is 1. The molecule has 0 fully saturated rings. The summed E-state index contributed by atoms with van der Waals surface area (Å²) in [5.74, 6) is -0.794. The molecule has 2 heterocycles. The number of aromatic nitrogens is 1. The molecule has 1 unspecified atom stereocenters. The van der Waals surface area contributed by atoms with Gasteiger partial charge in [0.05, 0.1) is 24.8 Å². The Bertz CT molecular complexity index is 1010. The number of methoxy groups -OCH3 is 1. The van der Waals surface area contributed by atoms with Crippen LogP contribution in [-0.4, -0.2) is 55.0 Å². The molecule has 10 heteroatoms. The van der Waals surface area contributed by atoms with Gasteiger partial charge in [-0.25, -0.2) is 14.4 Å². The summed E-state index contributed by atoms with van der Waals surface area (Å²) in [6, 6.07) is 7.22. The topological polar surface area (TPSA) is 119 Å². The largest absolute Gasteiger partial charge is 0.490 e. The molecule has 0 aliphatic carbocycles. The number of halogens is 1. The van der Waals surface area contributed by atoms with Crippen LogP contribution in [-0.2, 0) is 15.1 Å². The third kappa shape index (κ3) is 4.97. The minimum atomic E-state index is -1.18. The van der Waals surface area contributed by atoms with Crippen molar-refractivity contribution in [1.29, 1.82) is 0 Å². The van der Waals surface area contributed by atoms with Gasteiger partial charge < -0.3 is 20.5 Å². The number of nitrogens with two attached hydrogens (primary N) is 1. The fourth-order valence-electron chi connectivity index (χ4n) is 3.12. The number of ether oxygens (including phenoxy) is 2. The summed E-state index contributed by atoms with van der Waals surface area (Å²) in [5.41, 5.74) is 5.29. The minimum Gasteiger partial charge on any atom is -0.490 e. The van der Waals surface area contributed by atoms with E-state index in [-0.39, 0.29) is 29.5 Å².